The van der Waals surface area contributed by atoms with Crippen LogP contribution in [0.4, 0.5) is 5.69 Å². The summed E-state index contributed by atoms with van der Waals surface area (Å²) in [5.41, 5.74) is 0.972. The number of anilines is 1. The number of carbonyl (C=O) groups excluding carboxylic acids is 2. The van der Waals surface area contributed by atoms with E-state index < -0.39 is 10.0 Å². The first-order chi connectivity index (χ1) is 15.8. The predicted octanol–water partition coefficient (Wildman–Crippen LogP) is 3.67. The van der Waals surface area contributed by atoms with Crippen molar-refractivity contribution >= 4 is 27.5 Å². The topological polar surface area (TPSA) is 86.8 Å². The summed E-state index contributed by atoms with van der Waals surface area (Å²) < 4.78 is 27.0. The van der Waals surface area contributed by atoms with Crippen molar-refractivity contribution < 1.29 is 18.0 Å². The van der Waals surface area contributed by atoms with Crippen molar-refractivity contribution in [2.45, 2.75) is 50.5 Å². The lowest BCUT2D eigenvalue weighted by Gasteiger charge is -2.34. The van der Waals surface area contributed by atoms with Crippen molar-refractivity contribution in [3.8, 4) is 0 Å². The highest BCUT2D eigenvalue weighted by atomic mass is 32.2. The Morgan fingerprint density at radius 3 is 2.12 bits per heavy atom. The average Bonchev–Trinajstić information content (AvgIpc) is 2.85. The van der Waals surface area contributed by atoms with Gasteiger partial charge in [0.1, 0.15) is 0 Å². The molecule has 2 aromatic rings. The van der Waals surface area contributed by atoms with E-state index in [1.807, 2.05) is 24.8 Å². The van der Waals surface area contributed by atoms with Gasteiger partial charge in [-0.15, -0.1) is 0 Å². The normalized spacial score (nSPS) is 14.8. The molecular formula is C25H33N3O4S. The fraction of sp³-hybridized carbons (Fsp3) is 0.440. The lowest BCUT2D eigenvalue weighted by molar-refractivity contribution is -0.136. The Morgan fingerprint density at radius 2 is 1.58 bits per heavy atom. The molecule has 0 spiro atoms. The third-order valence-electron chi connectivity index (χ3n) is 6.37. The molecule has 0 aliphatic carbocycles. The SMILES string of the molecule is CCC(CC)C(=O)N1CCC(NC(=O)c2ccc(S(=O)(=O)N(C)c3ccccc3)cc2)CC1. The number of carbonyl (C=O) groups is 2. The van der Waals surface area contributed by atoms with Crippen LogP contribution in [0.1, 0.15) is 49.9 Å². The molecule has 33 heavy (non-hydrogen) atoms. The van der Waals surface area contributed by atoms with Gasteiger partial charge in [-0.3, -0.25) is 13.9 Å². The smallest absolute Gasteiger partial charge is 0.264 e. The van der Waals surface area contributed by atoms with Crippen LogP contribution in [-0.4, -0.2) is 51.3 Å². The van der Waals surface area contributed by atoms with E-state index in [9.17, 15) is 18.0 Å². The molecule has 1 N–H and O–H groups in total. The standard InChI is InChI=1S/C25H33N3O4S/c1-4-19(5-2)25(30)28-17-15-21(16-18-28)26-24(29)20-11-13-23(14-12-20)33(31,32)27(3)22-9-7-6-8-10-22/h6-14,19,21H,4-5,15-18H2,1-3H3,(H,26,29). The molecule has 3 rings (SSSR count). The van der Waals surface area contributed by atoms with Gasteiger partial charge in [0.2, 0.25) is 5.91 Å². The molecule has 7 nitrogen and oxygen atoms in total. The van der Waals surface area contributed by atoms with Crippen molar-refractivity contribution in [2.75, 3.05) is 24.4 Å². The molecule has 1 aliphatic heterocycles. The van der Waals surface area contributed by atoms with Crippen molar-refractivity contribution in [3.05, 3.63) is 60.2 Å². The Bertz CT molecular complexity index is 1040. The summed E-state index contributed by atoms with van der Waals surface area (Å²) in [7, 11) is -2.22. The highest BCUT2D eigenvalue weighted by Gasteiger charge is 2.27. The molecule has 0 atom stereocenters. The van der Waals surface area contributed by atoms with Crippen LogP contribution >= 0.6 is 0 Å². The minimum absolute atomic E-state index is 0.00382. The molecular weight excluding hydrogens is 438 g/mol. The lowest BCUT2D eigenvalue weighted by atomic mass is 9.98. The first-order valence-corrected chi connectivity index (χ1v) is 13.0. The van der Waals surface area contributed by atoms with E-state index in [2.05, 4.69) is 5.32 Å². The van der Waals surface area contributed by atoms with Crippen LogP contribution < -0.4 is 9.62 Å². The van der Waals surface area contributed by atoms with Gasteiger partial charge in [0.05, 0.1) is 10.6 Å². The van der Waals surface area contributed by atoms with Gasteiger partial charge in [0.25, 0.3) is 15.9 Å². The number of piperidine rings is 1. The summed E-state index contributed by atoms with van der Waals surface area (Å²) in [6.07, 6.45) is 3.12. The average molecular weight is 472 g/mol. The van der Waals surface area contributed by atoms with Crippen molar-refractivity contribution in [1.82, 2.24) is 10.2 Å². The molecule has 1 fully saturated rings. The predicted molar refractivity (Wildman–Crippen MR) is 130 cm³/mol. The molecule has 1 aliphatic rings. The van der Waals surface area contributed by atoms with Gasteiger partial charge in [0.15, 0.2) is 0 Å². The zero-order valence-corrected chi connectivity index (χ0v) is 20.3. The molecule has 2 amide bonds. The van der Waals surface area contributed by atoms with Crippen LogP contribution in [-0.2, 0) is 14.8 Å². The number of hydrogen-bond donors (Lipinski definition) is 1. The van der Waals surface area contributed by atoms with E-state index in [1.54, 1.807) is 24.3 Å². The molecule has 0 saturated carbocycles. The number of nitrogens with one attached hydrogen (secondary N) is 1. The van der Waals surface area contributed by atoms with Gasteiger partial charge < -0.3 is 10.2 Å². The number of amides is 2. The van der Waals surface area contributed by atoms with Gasteiger partial charge in [-0.25, -0.2) is 8.42 Å². The molecule has 2 aromatic carbocycles. The maximum atomic E-state index is 12.9. The molecule has 1 heterocycles. The van der Waals surface area contributed by atoms with Crippen LogP contribution in [0, 0.1) is 5.92 Å². The number of nitrogens with zero attached hydrogens (tertiary/aromatic N) is 2. The minimum atomic E-state index is -3.72. The summed E-state index contributed by atoms with van der Waals surface area (Å²) in [5, 5.41) is 3.02. The number of likely N-dealkylation sites (tertiary alicyclic amines) is 1. The Kier molecular flexibility index (Phi) is 8.13. The van der Waals surface area contributed by atoms with Gasteiger partial charge in [0, 0.05) is 37.7 Å². The van der Waals surface area contributed by atoms with Crippen LogP contribution in [0.3, 0.4) is 0 Å². The third kappa shape index (κ3) is 5.74. The second-order valence-electron chi connectivity index (χ2n) is 8.42. The minimum Gasteiger partial charge on any atom is -0.349 e. The maximum Gasteiger partial charge on any atom is 0.264 e. The van der Waals surface area contributed by atoms with Gasteiger partial charge in [-0.05, 0) is 62.1 Å². The highest BCUT2D eigenvalue weighted by molar-refractivity contribution is 7.92. The second-order valence-corrected chi connectivity index (χ2v) is 10.4. The van der Waals surface area contributed by atoms with Crippen LogP contribution in [0.2, 0.25) is 0 Å². The monoisotopic (exact) mass is 471 g/mol. The third-order valence-corrected chi connectivity index (χ3v) is 8.17. The Balaban J connectivity index is 1.58. The zero-order valence-electron chi connectivity index (χ0n) is 19.5. The number of rotatable bonds is 8. The summed E-state index contributed by atoms with van der Waals surface area (Å²) in [6.45, 7) is 5.36. The van der Waals surface area contributed by atoms with Gasteiger partial charge >= 0.3 is 0 Å². The van der Waals surface area contributed by atoms with Gasteiger partial charge in [-0.2, -0.15) is 0 Å². The first-order valence-electron chi connectivity index (χ1n) is 11.5. The van der Waals surface area contributed by atoms with Gasteiger partial charge in [-0.1, -0.05) is 32.0 Å². The molecule has 1 saturated heterocycles. The van der Waals surface area contributed by atoms with E-state index in [0.717, 1.165) is 12.8 Å². The van der Waals surface area contributed by atoms with E-state index in [4.69, 9.17) is 0 Å². The molecule has 0 unspecified atom stereocenters. The largest absolute Gasteiger partial charge is 0.349 e. The number of hydrogen-bond acceptors (Lipinski definition) is 4. The fourth-order valence-corrected chi connectivity index (χ4v) is 5.32. The van der Waals surface area contributed by atoms with Crippen molar-refractivity contribution in [3.63, 3.8) is 0 Å². The summed E-state index contributed by atoms with van der Waals surface area (Å²) in [5.74, 6) is 0.0500. The molecule has 0 radical (unpaired) electrons. The van der Waals surface area contributed by atoms with Crippen molar-refractivity contribution in [2.24, 2.45) is 5.92 Å². The molecule has 0 aromatic heterocycles. The first kappa shape index (κ1) is 24.8. The summed E-state index contributed by atoms with van der Waals surface area (Å²) >= 11 is 0. The summed E-state index contributed by atoms with van der Waals surface area (Å²) in [6, 6.07) is 14.8. The lowest BCUT2D eigenvalue weighted by Crippen LogP contribution is -2.48. The maximum absolute atomic E-state index is 12.9. The van der Waals surface area contributed by atoms with Crippen molar-refractivity contribution in [1.29, 1.82) is 0 Å². The Labute approximate surface area is 196 Å². The van der Waals surface area contributed by atoms with E-state index in [1.165, 1.54) is 35.6 Å². The Hall–Kier alpha value is -2.87. The number of sulfonamides is 1. The molecule has 178 valence electrons. The van der Waals surface area contributed by atoms with E-state index in [-0.39, 0.29) is 28.7 Å². The van der Waals surface area contributed by atoms with E-state index >= 15 is 0 Å². The van der Waals surface area contributed by atoms with Crippen LogP contribution in [0.15, 0.2) is 59.5 Å². The zero-order chi connectivity index (χ0) is 24.0. The molecule has 0 bridgehead atoms. The Morgan fingerprint density at radius 1 is 1.00 bits per heavy atom. The summed E-state index contributed by atoms with van der Waals surface area (Å²) in [4.78, 5) is 27.3. The fourth-order valence-electron chi connectivity index (χ4n) is 4.12. The van der Waals surface area contributed by atoms with Crippen LogP contribution in [0.25, 0.3) is 0 Å². The van der Waals surface area contributed by atoms with E-state index in [0.29, 0.717) is 37.2 Å². The molecule has 8 heteroatoms. The number of para-hydroxylation sites is 1. The quantitative estimate of drug-likeness (QED) is 0.636. The highest BCUT2D eigenvalue weighted by Crippen LogP contribution is 2.22. The van der Waals surface area contributed by atoms with Crippen LogP contribution in [0.5, 0.6) is 0 Å². The number of benzene rings is 2. The second kappa shape index (κ2) is 10.8.